The van der Waals surface area contributed by atoms with Crippen molar-refractivity contribution in [2.24, 2.45) is 0 Å². The van der Waals surface area contributed by atoms with Crippen molar-refractivity contribution in [2.45, 2.75) is 0 Å². The third-order valence-electron chi connectivity index (χ3n) is 5.20. The number of nitrogens with zero attached hydrogens (tertiary/aromatic N) is 3. The van der Waals surface area contributed by atoms with Gasteiger partial charge < -0.3 is 4.90 Å². The Balaban J connectivity index is 1.75. The van der Waals surface area contributed by atoms with Gasteiger partial charge in [-0.3, -0.25) is 0 Å². The third kappa shape index (κ3) is 2.72. The average molecular weight is 363 g/mol. The number of rotatable bonds is 3. The highest BCUT2D eigenvalue weighted by Crippen LogP contribution is 2.23. The molecule has 0 aliphatic rings. The minimum Gasteiger partial charge on any atom is -0.378 e. The smallest absolute Gasteiger partial charge is 0.0934 e. The summed E-state index contributed by atoms with van der Waals surface area (Å²) in [6.07, 6.45) is 2.26. The topological polar surface area (TPSA) is 20.5 Å². The summed E-state index contributed by atoms with van der Waals surface area (Å²) < 4.78 is 2.07. The van der Waals surface area contributed by atoms with Gasteiger partial charge in [0.05, 0.1) is 16.7 Å². The highest BCUT2D eigenvalue weighted by Gasteiger charge is 2.12. The van der Waals surface area contributed by atoms with Crippen LogP contribution in [0.15, 0.2) is 84.9 Å². The zero-order chi connectivity index (χ0) is 19.1. The second kappa shape index (κ2) is 6.54. The number of aromatic nitrogens is 2. The molecule has 0 atom stereocenters. The lowest BCUT2D eigenvalue weighted by molar-refractivity contribution is 1.02. The van der Waals surface area contributed by atoms with E-state index >= 15 is 0 Å². The molecule has 0 aliphatic heterocycles. The van der Waals surface area contributed by atoms with Crippen LogP contribution in [0.1, 0.15) is 5.56 Å². The van der Waals surface area contributed by atoms with E-state index in [1.165, 1.54) is 21.9 Å². The van der Waals surface area contributed by atoms with Gasteiger partial charge in [-0.1, -0.05) is 60.7 Å². The molecule has 0 bridgehead atoms. The van der Waals surface area contributed by atoms with E-state index < -0.39 is 0 Å². The summed E-state index contributed by atoms with van der Waals surface area (Å²) in [6.45, 7) is 0. The first-order valence-corrected chi connectivity index (χ1v) is 9.45. The zero-order valence-electron chi connectivity index (χ0n) is 16.0. The molecule has 0 aliphatic carbocycles. The van der Waals surface area contributed by atoms with Crippen molar-refractivity contribution in [3.8, 4) is 11.3 Å². The molecule has 0 fully saturated rings. The standard InChI is InChI=1S/C25H21N3/c1-27(2)20-14-12-18(13-15-20)16-22-21-10-6-7-11-24(21)28-25(22)17-23(26-28)19-8-4-3-5-9-19/h3-17H,1-2H3/b22-16+. The maximum Gasteiger partial charge on any atom is 0.0934 e. The van der Waals surface area contributed by atoms with E-state index in [1.54, 1.807) is 0 Å². The molecule has 0 radical (unpaired) electrons. The Kier molecular flexibility index (Phi) is 3.87. The fraction of sp³-hybridized carbons (Fsp3) is 0.0800. The molecule has 3 heteroatoms. The number of fused-ring (bicyclic) bond motifs is 3. The quantitative estimate of drug-likeness (QED) is 0.460. The van der Waals surface area contributed by atoms with Crippen molar-refractivity contribution in [1.82, 2.24) is 9.61 Å². The van der Waals surface area contributed by atoms with Crippen molar-refractivity contribution in [2.75, 3.05) is 19.0 Å². The van der Waals surface area contributed by atoms with Gasteiger partial charge in [0.15, 0.2) is 0 Å². The molecule has 0 saturated carbocycles. The SMILES string of the molecule is CN(C)c1ccc(/C=c2\c3ccccc3n3nc(-c4ccccc4)cc23)cc1. The van der Waals surface area contributed by atoms with Gasteiger partial charge in [0.1, 0.15) is 0 Å². The molecule has 5 rings (SSSR count). The largest absolute Gasteiger partial charge is 0.378 e. The average Bonchev–Trinajstić information content (AvgIpc) is 3.28. The summed E-state index contributed by atoms with van der Waals surface area (Å²) in [4.78, 5) is 2.11. The van der Waals surface area contributed by atoms with Crippen molar-refractivity contribution in [3.05, 3.63) is 95.7 Å². The van der Waals surface area contributed by atoms with Crippen LogP contribution in [-0.2, 0) is 0 Å². The molecule has 2 aromatic heterocycles. The van der Waals surface area contributed by atoms with E-state index in [4.69, 9.17) is 5.10 Å². The first-order chi connectivity index (χ1) is 13.7. The van der Waals surface area contributed by atoms with E-state index in [0.717, 1.165) is 22.3 Å². The molecule has 3 aromatic carbocycles. The van der Waals surface area contributed by atoms with Crippen LogP contribution in [0.2, 0.25) is 0 Å². The Morgan fingerprint density at radius 1 is 0.786 bits per heavy atom. The maximum absolute atomic E-state index is 4.90. The minimum atomic E-state index is 0.999. The molecular formula is C25H21N3. The van der Waals surface area contributed by atoms with Gasteiger partial charge in [-0.25, -0.2) is 4.52 Å². The highest BCUT2D eigenvalue weighted by atomic mass is 15.2. The van der Waals surface area contributed by atoms with Crippen molar-refractivity contribution in [1.29, 1.82) is 0 Å². The van der Waals surface area contributed by atoms with Gasteiger partial charge in [0, 0.05) is 36.0 Å². The lowest BCUT2D eigenvalue weighted by Gasteiger charge is -2.11. The van der Waals surface area contributed by atoms with Crippen LogP contribution in [0, 0.1) is 0 Å². The Bertz CT molecular complexity index is 1310. The molecule has 136 valence electrons. The molecule has 0 saturated heterocycles. The Labute approximate surface area is 164 Å². The van der Waals surface area contributed by atoms with Crippen LogP contribution in [0.5, 0.6) is 0 Å². The summed E-state index contributed by atoms with van der Waals surface area (Å²) in [5, 5.41) is 7.34. The van der Waals surface area contributed by atoms with E-state index in [9.17, 15) is 0 Å². The van der Waals surface area contributed by atoms with E-state index in [2.05, 4.69) is 108 Å². The van der Waals surface area contributed by atoms with Crippen LogP contribution >= 0.6 is 0 Å². The summed E-state index contributed by atoms with van der Waals surface area (Å²) in [5.74, 6) is 0. The van der Waals surface area contributed by atoms with Gasteiger partial charge in [-0.05, 0) is 35.9 Å². The third-order valence-corrected chi connectivity index (χ3v) is 5.20. The number of para-hydroxylation sites is 1. The predicted molar refractivity (Wildman–Crippen MR) is 118 cm³/mol. The minimum absolute atomic E-state index is 0.999. The monoisotopic (exact) mass is 363 g/mol. The molecule has 5 aromatic rings. The van der Waals surface area contributed by atoms with E-state index in [1.807, 2.05) is 6.07 Å². The molecule has 2 heterocycles. The molecule has 28 heavy (non-hydrogen) atoms. The Morgan fingerprint density at radius 3 is 2.25 bits per heavy atom. The van der Waals surface area contributed by atoms with Gasteiger partial charge in [-0.15, -0.1) is 0 Å². The first-order valence-electron chi connectivity index (χ1n) is 9.45. The summed E-state index contributed by atoms with van der Waals surface area (Å²) in [6, 6.07) is 29.6. The normalized spacial score (nSPS) is 12.1. The van der Waals surface area contributed by atoms with Crippen molar-refractivity contribution >= 4 is 28.2 Å². The Hall–Kier alpha value is -3.59. The zero-order valence-corrected chi connectivity index (χ0v) is 16.0. The maximum atomic E-state index is 4.90. The summed E-state index contributed by atoms with van der Waals surface area (Å²) >= 11 is 0. The summed E-state index contributed by atoms with van der Waals surface area (Å²) in [7, 11) is 4.12. The van der Waals surface area contributed by atoms with Crippen LogP contribution < -0.4 is 10.1 Å². The second-order valence-corrected chi connectivity index (χ2v) is 7.25. The lowest BCUT2D eigenvalue weighted by atomic mass is 10.1. The number of hydrogen-bond acceptors (Lipinski definition) is 2. The van der Waals surface area contributed by atoms with Crippen LogP contribution in [0.25, 0.3) is 33.8 Å². The molecule has 0 unspecified atom stereocenters. The summed E-state index contributed by atoms with van der Waals surface area (Å²) in [5.41, 5.74) is 6.79. The number of hydrogen-bond donors (Lipinski definition) is 0. The van der Waals surface area contributed by atoms with E-state index in [-0.39, 0.29) is 0 Å². The molecule has 0 N–H and O–H groups in total. The predicted octanol–water partition coefficient (Wildman–Crippen LogP) is 4.77. The van der Waals surface area contributed by atoms with Crippen LogP contribution in [-0.4, -0.2) is 23.7 Å². The fourth-order valence-electron chi connectivity index (χ4n) is 3.72. The molecule has 0 spiro atoms. The molecule has 3 nitrogen and oxygen atoms in total. The molecule has 0 amide bonds. The first kappa shape index (κ1) is 16.6. The van der Waals surface area contributed by atoms with E-state index in [0.29, 0.717) is 0 Å². The van der Waals surface area contributed by atoms with Crippen molar-refractivity contribution in [3.63, 3.8) is 0 Å². The number of anilines is 1. The van der Waals surface area contributed by atoms with Gasteiger partial charge in [0.2, 0.25) is 0 Å². The van der Waals surface area contributed by atoms with Crippen molar-refractivity contribution < 1.29 is 0 Å². The van der Waals surface area contributed by atoms with Gasteiger partial charge in [0.25, 0.3) is 0 Å². The fourth-order valence-corrected chi connectivity index (χ4v) is 3.72. The van der Waals surface area contributed by atoms with Gasteiger partial charge in [-0.2, -0.15) is 5.10 Å². The Morgan fingerprint density at radius 2 is 1.50 bits per heavy atom. The number of benzene rings is 3. The second-order valence-electron chi connectivity index (χ2n) is 7.25. The molecular weight excluding hydrogens is 342 g/mol. The highest BCUT2D eigenvalue weighted by molar-refractivity contribution is 5.91. The van der Waals surface area contributed by atoms with Gasteiger partial charge >= 0.3 is 0 Å². The van der Waals surface area contributed by atoms with Crippen LogP contribution in [0.4, 0.5) is 5.69 Å². The lowest BCUT2D eigenvalue weighted by Crippen LogP contribution is -2.08. The van der Waals surface area contributed by atoms with Crippen LogP contribution in [0.3, 0.4) is 0 Å².